The van der Waals surface area contributed by atoms with E-state index in [0.717, 1.165) is 49.1 Å². The molecule has 28 heavy (non-hydrogen) atoms. The van der Waals surface area contributed by atoms with Gasteiger partial charge in [-0.3, -0.25) is 0 Å². The van der Waals surface area contributed by atoms with Crippen molar-refractivity contribution in [3.05, 3.63) is 54.4 Å². The molecule has 3 N–H and O–H groups in total. The molecule has 0 saturated carbocycles. The largest absolute Gasteiger partial charge is 0.368 e. The second-order valence-electron chi connectivity index (χ2n) is 7.14. The van der Waals surface area contributed by atoms with E-state index in [0.29, 0.717) is 0 Å². The van der Waals surface area contributed by atoms with Crippen LogP contribution >= 0.6 is 0 Å². The SMILES string of the molecule is C[C@@H](Nc1cc(N2CCN(C)CC2)nc(N)n1)c1ccccc1-n1cccn1. The summed E-state index contributed by atoms with van der Waals surface area (Å²) >= 11 is 0. The Morgan fingerprint density at radius 2 is 1.86 bits per heavy atom. The van der Waals surface area contributed by atoms with Crippen LogP contribution in [0, 0.1) is 0 Å². The molecule has 1 aliphatic heterocycles. The molecule has 1 saturated heterocycles. The van der Waals surface area contributed by atoms with Crippen molar-refractivity contribution >= 4 is 17.6 Å². The highest BCUT2D eigenvalue weighted by Crippen LogP contribution is 2.26. The summed E-state index contributed by atoms with van der Waals surface area (Å²) in [7, 11) is 2.14. The van der Waals surface area contributed by atoms with Gasteiger partial charge in [-0.15, -0.1) is 0 Å². The number of nitrogen functional groups attached to an aromatic ring is 1. The summed E-state index contributed by atoms with van der Waals surface area (Å²) in [6.07, 6.45) is 3.72. The number of piperazine rings is 1. The van der Waals surface area contributed by atoms with E-state index in [1.165, 1.54) is 0 Å². The molecule has 0 spiro atoms. The fourth-order valence-electron chi connectivity index (χ4n) is 3.50. The summed E-state index contributed by atoms with van der Waals surface area (Å²) < 4.78 is 1.87. The molecule has 4 rings (SSSR count). The monoisotopic (exact) mass is 378 g/mol. The first kappa shape index (κ1) is 18.2. The number of aromatic nitrogens is 4. The quantitative estimate of drug-likeness (QED) is 0.703. The minimum absolute atomic E-state index is 0.0232. The molecule has 1 aliphatic rings. The van der Waals surface area contributed by atoms with Gasteiger partial charge in [-0.1, -0.05) is 18.2 Å². The smallest absolute Gasteiger partial charge is 0.223 e. The lowest BCUT2D eigenvalue weighted by molar-refractivity contribution is 0.312. The Bertz CT molecular complexity index is 916. The van der Waals surface area contributed by atoms with E-state index in [1.807, 2.05) is 35.1 Å². The van der Waals surface area contributed by atoms with Crippen LogP contribution in [0.2, 0.25) is 0 Å². The highest BCUT2D eigenvalue weighted by atomic mass is 15.3. The molecule has 1 fully saturated rings. The van der Waals surface area contributed by atoms with E-state index >= 15 is 0 Å². The zero-order valence-corrected chi connectivity index (χ0v) is 16.3. The zero-order chi connectivity index (χ0) is 19.5. The van der Waals surface area contributed by atoms with E-state index in [-0.39, 0.29) is 12.0 Å². The first-order valence-corrected chi connectivity index (χ1v) is 9.53. The standard InChI is InChI=1S/C20H26N8/c1-15(16-6-3-4-7-17(16)28-9-5-8-22-28)23-18-14-19(25-20(21)24-18)27-12-10-26(2)11-13-27/h3-9,14-15H,10-13H2,1-2H3,(H3,21,23,24,25)/t15-/m1/s1. The second kappa shape index (κ2) is 7.85. The van der Waals surface area contributed by atoms with E-state index < -0.39 is 0 Å². The molecule has 0 radical (unpaired) electrons. The molecule has 146 valence electrons. The fourth-order valence-corrected chi connectivity index (χ4v) is 3.50. The van der Waals surface area contributed by atoms with Gasteiger partial charge in [0, 0.05) is 44.6 Å². The number of para-hydroxylation sites is 1. The van der Waals surface area contributed by atoms with E-state index in [4.69, 9.17) is 5.73 Å². The van der Waals surface area contributed by atoms with Crippen molar-refractivity contribution in [1.82, 2.24) is 24.6 Å². The first-order valence-electron chi connectivity index (χ1n) is 9.53. The molecule has 3 heterocycles. The zero-order valence-electron chi connectivity index (χ0n) is 16.3. The summed E-state index contributed by atoms with van der Waals surface area (Å²) in [5.41, 5.74) is 8.17. The molecule has 1 aromatic carbocycles. The average Bonchev–Trinajstić information content (AvgIpc) is 3.23. The van der Waals surface area contributed by atoms with Crippen molar-refractivity contribution in [2.45, 2.75) is 13.0 Å². The number of hydrogen-bond acceptors (Lipinski definition) is 7. The topological polar surface area (TPSA) is 88.1 Å². The first-order chi connectivity index (χ1) is 13.6. The Morgan fingerprint density at radius 1 is 1.07 bits per heavy atom. The average molecular weight is 378 g/mol. The van der Waals surface area contributed by atoms with Crippen LogP contribution in [0.3, 0.4) is 0 Å². The number of hydrogen-bond donors (Lipinski definition) is 2. The van der Waals surface area contributed by atoms with Gasteiger partial charge in [-0.25, -0.2) is 4.68 Å². The lowest BCUT2D eigenvalue weighted by Gasteiger charge is -2.33. The second-order valence-corrected chi connectivity index (χ2v) is 7.14. The van der Waals surface area contributed by atoms with Crippen molar-refractivity contribution in [2.75, 3.05) is 49.2 Å². The number of nitrogens with zero attached hydrogens (tertiary/aromatic N) is 6. The maximum Gasteiger partial charge on any atom is 0.223 e. The molecule has 0 unspecified atom stereocenters. The van der Waals surface area contributed by atoms with Crippen molar-refractivity contribution in [3.63, 3.8) is 0 Å². The Labute approximate surface area is 165 Å². The van der Waals surface area contributed by atoms with Gasteiger partial charge in [0.25, 0.3) is 0 Å². The number of likely N-dealkylation sites (N-methyl/N-ethyl adjacent to an activating group) is 1. The van der Waals surface area contributed by atoms with Crippen LogP contribution in [0.15, 0.2) is 48.8 Å². The maximum atomic E-state index is 6.00. The normalized spacial score (nSPS) is 16.1. The maximum absolute atomic E-state index is 6.00. The van der Waals surface area contributed by atoms with Crippen LogP contribution in [-0.2, 0) is 0 Å². The van der Waals surface area contributed by atoms with Crippen molar-refractivity contribution < 1.29 is 0 Å². The van der Waals surface area contributed by atoms with Crippen LogP contribution in [0.25, 0.3) is 5.69 Å². The van der Waals surface area contributed by atoms with Gasteiger partial charge >= 0.3 is 0 Å². The van der Waals surface area contributed by atoms with E-state index in [1.54, 1.807) is 6.20 Å². The van der Waals surface area contributed by atoms with Crippen molar-refractivity contribution in [2.24, 2.45) is 0 Å². The summed E-state index contributed by atoms with van der Waals surface area (Å²) in [5.74, 6) is 1.88. The van der Waals surface area contributed by atoms with Gasteiger partial charge in [0.1, 0.15) is 11.6 Å². The van der Waals surface area contributed by atoms with E-state index in [2.05, 4.69) is 56.3 Å². The van der Waals surface area contributed by atoms with Crippen LogP contribution in [-0.4, -0.2) is 57.9 Å². The predicted octanol–water partition coefficient (Wildman–Crippen LogP) is 2.17. The van der Waals surface area contributed by atoms with Gasteiger partial charge in [0.05, 0.1) is 11.7 Å². The van der Waals surface area contributed by atoms with Gasteiger partial charge in [0.2, 0.25) is 5.95 Å². The lowest BCUT2D eigenvalue weighted by atomic mass is 10.1. The minimum atomic E-state index is 0.0232. The minimum Gasteiger partial charge on any atom is -0.368 e. The van der Waals surface area contributed by atoms with Crippen LogP contribution in [0.4, 0.5) is 17.6 Å². The summed E-state index contributed by atoms with van der Waals surface area (Å²) in [6, 6.07) is 12.1. The van der Waals surface area contributed by atoms with Gasteiger partial charge in [-0.05, 0) is 31.7 Å². The van der Waals surface area contributed by atoms with Crippen molar-refractivity contribution in [1.29, 1.82) is 0 Å². The van der Waals surface area contributed by atoms with E-state index in [9.17, 15) is 0 Å². The molecular weight excluding hydrogens is 352 g/mol. The number of benzene rings is 1. The van der Waals surface area contributed by atoms with Crippen LogP contribution < -0.4 is 16.0 Å². The van der Waals surface area contributed by atoms with Gasteiger partial charge in [0.15, 0.2) is 0 Å². The number of rotatable bonds is 5. The highest BCUT2D eigenvalue weighted by Gasteiger charge is 2.18. The third-order valence-electron chi connectivity index (χ3n) is 5.08. The Hall–Kier alpha value is -3.13. The summed E-state index contributed by atoms with van der Waals surface area (Å²) in [4.78, 5) is 13.4. The molecule has 0 bridgehead atoms. The third kappa shape index (κ3) is 3.91. The Balaban J connectivity index is 1.56. The van der Waals surface area contributed by atoms with Gasteiger partial charge in [-0.2, -0.15) is 15.1 Å². The molecule has 0 aliphatic carbocycles. The molecule has 1 atom stereocenters. The van der Waals surface area contributed by atoms with Gasteiger partial charge < -0.3 is 20.9 Å². The van der Waals surface area contributed by atoms with Crippen LogP contribution in [0.5, 0.6) is 0 Å². The molecule has 0 amide bonds. The number of nitrogens with two attached hydrogens (primary N) is 1. The number of anilines is 3. The molecule has 8 heteroatoms. The fraction of sp³-hybridized carbons (Fsp3) is 0.350. The molecule has 3 aromatic rings. The molecule has 8 nitrogen and oxygen atoms in total. The van der Waals surface area contributed by atoms with Crippen LogP contribution in [0.1, 0.15) is 18.5 Å². The van der Waals surface area contributed by atoms with Crippen molar-refractivity contribution in [3.8, 4) is 5.69 Å². The number of nitrogens with one attached hydrogen (secondary N) is 1. The highest BCUT2D eigenvalue weighted by molar-refractivity contribution is 5.55. The summed E-state index contributed by atoms with van der Waals surface area (Å²) in [5, 5.41) is 7.85. The Kier molecular flexibility index (Phi) is 5.12. The molecular formula is C20H26N8. The Morgan fingerprint density at radius 3 is 2.61 bits per heavy atom. The lowest BCUT2D eigenvalue weighted by Crippen LogP contribution is -2.44. The predicted molar refractivity (Wildman–Crippen MR) is 112 cm³/mol. The molecule has 2 aromatic heterocycles. The summed E-state index contributed by atoms with van der Waals surface area (Å²) in [6.45, 7) is 6.00. The third-order valence-corrected chi connectivity index (χ3v) is 5.08.